The lowest BCUT2D eigenvalue weighted by molar-refractivity contribution is -0.130. The first kappa shape index (κ1) is 13.3. The number of hydrogen-bond donors (Lipinski definition) is 4. The smallest absolute Gasteiger partial charge is 0.241 e. The Labute approximate surface area is 111 Å². The maximum absolute atomic E-state index is 12.0. The fourth-order valence-electron chi connectivity index (χ4n) is 2.05. The topological polar surface area (TPSA) is 122 Å². The largest absolute Gasteiger partial charge is 0.368 e. The molecule has 0 saturated carbocycles. The molecule has 0 bridgehead atoms. The molecule has 0 spiro atoms. The van der Waals surface area contributed by atoms with Gasteiger partial charge < -0.3 is 21.4 Å². The van der Waals surface area contributed by atoms with Gasteiger partial charge in [0, 0.05) is 19.2 Å². The van der Waals surface area contributed by atoms with Crippen LogP contribution in [0.2, 0.25) is 0 Å². The van der Waals surface area contributed by atoms with Gasteiger partial charge in [0.15, 0.2) is 0 Å². The maximum Gasteiger partial charge on any atom is 0.241 e. The van der Waals surface area contributed by atoms with Crippen molar-refractivity contribution in [3.8, 4) is 0 Å². The summed E-state index contributed by atoms with van der Waals surface area (Å²) in [6.45, 7) is 1.87. The fraction of sp³-hybridized carbons (Fsp3) is 0.545. The number of hydrazine groups is 1. The van der Waals surface area contributed by atoms with E-state index in [4.69, 9.17) is 11.6 Å². The monoisotopic (exact) mass is 265 g/mol. The first-order valence-corrected chi connectivity index (χ1v) is 6.32. The molecule has 2 heterocycles. The quantitative estimate of drug-likeness (QED) is 0.438. The van der Waals surface area contributed by atoms with Gasteiger partial charge in [0.05, 0.1) is 6.54 Å². The van der Waals surface area contributed by atoms with E-state index in [1.165, 1.54) is 6.42 Å². The minimum Gasteiger partial charge on any atom is -0.368 e. The average Bonchev–Trinajstić information content (AvgIpc) is 2.45. The standard InChI is InChI=1S/C11H19N7O/c12-11-15-8(6-9(16-11)17-13)14-7-10(19)18-4-2-1-3-5-18/h6H,1-5,7,13H2,(H4,12,14,15,16,17). The van der Waals surface area contributed by atoms with Gasteiger partial charge in [-0.3, -0.25) is 4.79 Å². The van der Waals surface area contributed by atoms with Gasteiger partial charge in [-0.05, 0) is 19.3 Å². The third-order valence-corrected chi connectivity index (χ3v) is 3.02. The van der Waals surface area contributed by atoms with Crippen LogP contribution in [0.3, 0.4) is 0 Å². The molecule has 8 heteroatoms. The predicted octanol–water partition coefficient (Wildman–Crippen LogP) is -0.231. The summed E-state index contributed by atoms with van der Waals surface area (Å²) in [4.78, 5) is 21.7. The van der Waals surface area contributed by atoms with Gasteiger partial charge in [0.25, 0.3) is 0 Å². The van der Waals surface area contributed by atoms with Crippen molar-refractivity contribution in [2.24, 2.45) is 5.84 Å². The van der Waals surface area contributed by atoms with E-state index in [9.17, 15) is 4.79 Å². The number of nitrogen functional groups attached to an aromatic ring is 2. The molecule has 0 unspecified atom stereocenters. The Morgan fingerprint density at radius 1 is 1.26 bits per heavy atom. The van der Waals surface area contributed by atoms with E-state index in [0.29, 0.717) is 11.6 Å². The molecule has 1 aromatic rings. The number of anilines is 3. The number of rotatable bonds is 4. The highest BCUT2D eigenvalue weighted by molar-refractivity contribution is 5.80. The number of nitrogens with two attached hydrogens (primary N) is 2. The van der Waals surface area contributed by atoms with E-state index < -0.39 is 0 Å². The number of carbonyl (C=O) groups is 1. The molecule has 1 saturated heterocycles. The summed E-state index contributed by atoms with van der Waals surface area (Å²) >= 11 is 0. The van der Waals surface area contributed by atoms with Crippen LogP contribution in [-0.2, 0) is 4.79 Å². The summed E-state index contributed by atoms with van der Waals surface area (Å²) in [5.74, 6) is 6.31. The molecule has 1 fully saturated rings. The number of hydrogen-bond acceptors (Lipinski definition) is 7. The minimum absolute atomic E-state index is 0.0686. The molecule has 104 valence electrons. The second kappa shape index (κ2) is 6.19. The van der Waals surface area contributed by atoms with Crippen LogP contribution in [0, 0.1) is 0 Å². The molecule has 0 aliphatic carbocycles. The molecule has 0 atom stereocenters. The number of nitrogens with one attached hydrogen (secondary N) is 2. The molecular weight excluding hydrogens is 246 g/mol. The van der Waals surface area contributed by atoms with E-state index in [-0.39, 0.29) is 18.4 Å². The van der Waals surface area contributed by atoms with Crippen molar-refractivity contribution in [1.29, 1.82) is 0 Å². The number of carbonyl (C=O) groups excluding carboxylic acids is 1. The van der Waals surface area contributed by atoms with E-state index in [2.05, 4.69) is 20.7 Å². The number of nitrogens with zero attached hydrogens (tertiary/aromatic N) is 3. The van der Waals surface area contributed by atoms with Crippen molar-refractivity contribution in [2.75, 3.05) is 36.1 Å². The van der Waals surface area contributed by atoms with Crippen LogP contribution in [0.1, 0.15) is 19.3 Å². The Bertz CT molecular complexity index is 445. The molecule has 0 aromatic carbocycles. The van der Waals surface area contributed by atoms with Gasteiger partial charge >= 0.3 is 0 Å². The molecule has 1 aliphatic heterocycles. The summed E-state index contributed by atoms with van der Waals surface area (Å²) in [6.07, 6.45) is 3.35. The van der Waals surface area contributed by atoms with Crippen molar-refractivity contribution in [3.63, 3.8) is 0 Å². The molecule has 8 nitrogen and oxygen atoms in total. The zero-order chi connectivity index (χ0) is 13.7. The highest BCUT2D eigenvalue weighted by atomic mass is 16.2. The van der Waals surface area contributed by atoms with Crippen LogP contribution in [-0.4, -0.2) is 40.4 Å². The van der Waals surface area contributed by atoms with Crippen LogP contribution in [0.4, 0.5) is 17.6 Å². The van der Waals surface area contributed by atoms with Crippen LogP contribution >= 0.6 is 0 Å². The lowest BCUT2D eigenvalue weighted by Crippen LogP contribution is -2.39. The van der Waals surface area contributed by atoms with E-state index >= 15 is 0 Å². The second-order valence-corrected chi connectivity index (χ2v) is 4.44. The van der Waals surface area contributed by atoms with Crippen molar-refractivity contribution in [1.82, 2.24) is 14.9 Å². The molecular formula is C11H19N7O. The molecule has 2 rings (SSSR count). The molecule has 0 radical (unpaired) electrons. The van der Waals surface area contributed by atoms with Crippen LogP contribution in [0.25, 0.3) is 0 Å². The minimum atomic E-state index is 0.0686. The van der Waals surface area contributed by atoms with Crippen LogP contribution < -0.4 is 22.3 Å². The maximum atomic E-state index is 12.0. The van der Waals surface area contributed by atoms with Gasteiger partial charge in [0.2, 0.25) is 11.9 Å². The molecule has 1 aromatic heterocycles. The Balaban J connectivity index is 1.90. The summed E-state index contributed by atoms with van der Waals surface area (Å²) in [5, 5.41) is 2.94. The van der Waals surface area contributed by atoms with Gasteiger partial charge in [0.1, 0.15) is 11.6 Å². The predicted molar refractivity (Wildman–Crippen MR) is 73.2 cm³/mol. The lowest BCUT2D eigenvalue weighted by Gasteiger charge is -2.26. The van der Waals surface area contributed by atoms with Crippen LogP contribution in [0.15, 0.2) is 6.07 Å². The summed E-state index contributed by atoms with van der Waals surface area (Å²) in [6, 6.07) is 1.60. The van der Waals surface area contributed by atoms with Crippen molar-refractivity contribution < 1.29 is 4.79 Å². The fourth-order valence-corrected chi connectivity index (χ4v) is 2.05. The Morgan fingerprint density at radius 2 is 1.95 bits per heavy atom. The molecule has 6 N–H and O–H groups in total. The number of amides is 1. The zero-order valence-electron chi connectivity index (χ0n) is 10.7. The first-order valence-electron chi connectivity index (χ1n) is 6.32. The Morgan fingerprint density at radius 3 is 2.63 bits per heavy atom. The van der Waals surface area contributed by atoms with E-state index in [0.717, 1.165) is 25.9 Å². The van der Waals surface area contributed by atoms with Crippen molar-refractivity contribution in [2.45, 2.75) is 19.3 Å². The number of likely N-dealkylation sites (tertiary alicyclic amines) is 1. The van der Waals surface area contributed by atoms with E-state index in [1.807, 2.05) is 4.90 Å². The van der Waals surface area contributed by atoms with Crippen LogP contribution in [0.5, 0.6) is 0 Å². The normalized spacial score (nSPS) is 15.1. The molecule has 1 aliphatic rings. The number of piperidine rings is 1. The third kappa shape index (κ3) is 3.68. The summed E-state index contributed by atoms with van der Waals surface area (Å²) < 4.78 is 0. The first-order chi connectivity index (χ1) is 9.19. The lowest BCUT2D eigenvalue weighted by atomic mass is 10.1. The van der Waals surface area contributed by atoms with Crippen molar-refractivity contribution in [3.05, 3.63) is 6.07 Å². The van der Waals surface area contributed by atoms with E-state index in [1.54, 1.807) is 6.07 Å². The highest BCUT2D eigenvalue weighted by Gasteiger charge is 2.16. The third-order valence-electron chi connectivity index (χ3n) is 3.02. The molecule has 19 heavy (non-hydrogen) atoms. The number of aromatic nitrogens is 2. The zero-order valence-corrected chi connectivity index (χ0v) is 10.7. The average molecular weight is 265 g/mol. The SMILES string of the molecule is NNc1cc(NCC(=O)N2CCCCC2)nc(N)n1. The van der Waals surface area contributed by atoms with Gasteiger partial charge in [-0.25, -0.2) is 5.84 Å². The summed E-state index contributed by atoms with van der Waals surface area (Å²) in [5.41, 5.74) is 7.92. The van der Waals surface area contributed by atoms with Crippen molar-refractivity contribution >= 4 is 23.5 Å². The second-order valence-electron chi connectivity index (χ2n) is 4.44. The Hall–Kier alpha value is -2.09. The molecule has 1 amide bonds. The van der Waals surface area contributed by atoms with Gasteiger partial charge in [-0.1, -0.05) is 0 Å². The van der Waals surface area contributed by atoms with Gasteiger partial charge in [-0.15, -0.1) is 0 Å². The highest BCUT2D eigenvalue weighted by Crippen LogP contribution is 2.12. The summed E-state index contributed by atoms with van der Waals surface area (Å²) in [7, 11) is 0. The Kier molecular flexibility index (Phi) is 4.35. The van der Waals surface area contributed by atoms with Gasteiger partial charge in [-0.2, -0.15) is 9.97 Å².